The molecule has 1 aromatic rings. The average Bonchev–Trinajstić information content (AvgIpc) is 2.67. The van der Waals surface area contributed by atoms with E-state index in [1.165, 1.54) is 12.0 Å². The first-order valence-corrected chi connectivity index (χ1v) is 9.98. The highest BCUT2D eigenvalue weighted by molar-refractivity contribution is 14.0. The van der Waals surface area contributed by atoms with Crippen molar-refractivity contribution in [1.29, 1.82) is 0 Å². The molecule has 158 valence electrons. The highest BCUT2D eigenvalue weighted by atomic mass is 127. The van der Waals surface area contributed by atoms with Crippen LogP contribution in [0.2, 0.25) is 0 Å². The second kappa shape index (κ2) is 12.3. The van der Waals surface area contributed by atoms with E-state index in [2.05, 4.69) is 63.1 Å². The van der Waals surface area contributed by atoms with E-state index in [0.29, 0.717) is 12.6 Å². The van der Waals surface area contributed by atoms with Gasteiger partial charge in [-0.2, -0.15) is 0 Å². The van der Waals surface area contributed by atoms with Crippen LogP contribution in [0.5, 0.6) is 0 Å². The van der Waals surface area contributed by atoms with E-state index in [-0.39, 0.29) is 29.9 Å². The summed E-state index contributed by atoms with van der Waals surface area (Å²) in [6, 6.07) is 11.0. The SMILES string of the molecule is CCNC(=NCC(C)(C)C(=O)NC)NC1CCCN(Cc2ccccc2)C1.I. The van der Waals surface area contributed by atoms with Crippen LogP contribution in [0.4, 0.5) is 0 Å². The van der Waals surface area contributed by atoms with Crippen molar-refractivity contribution in [3.05, 3.63) is 35.9 Å². The summed E-state index contributed by atoms with van der Waals surface area (Å²) in [7, 11) is 1.67. The summed E-state index contributed by atoms with van der Waals surface area (Å²) in [4.78, 5) is 19.1. The smallest absolute Gasteiger partial charge is 0.227 e. The van der Waals surface area contributed by atoms with E-state index >= 15 is 0 Å². The topological polar surface area (TPSA) is 68.8 Å². The van der Waals surface area contributed by atoms with Crippen molar-refractivity contribution in [3.8, 4) is 0 Å². The Kier molecular flexibility index (Phi) is 10.8. The number of carbonyl (C=O) groups excluding carboxylic acids is 1. The molecule has 0 bridgehead atoms. The van der Waals surface area contributed by atoms with E-state index in [4.69, 9.17) is 0 Å². The maximum absolute atomic E-state index is 12.0. The molecule has 1 amide bonds. The minimum absolute atomic E-state index is 0. The summed E-state index contributed by atoms with van der Waals surface area (Å²) >= 11 is 0. The summed E-state index contributed by atoms with van der Waals surface area (Å²) in [5.74, 6) is 0.801. The normalized spacial score (nSPS) is 18.1. The lowest BCUT2D eigenvalue weighted by atomic mass is 9.93. The van der Waals surface area contributed by atoms with Crippen LogP contribution in [0.25, 0.3) is 0 Å². The van der Waals surface area contributed by atoms with Crippen LogP contribution < -0.4 is 16.0 Å². The zero-order chi connectivity index (χ0) is 19.7. The van der Waals surface area contributed by atoms with Crippen molar-refractivity contribution in [2.75, 3.05) is 33.2 Å². The highest BCUT2D eigenvalue weighted by Gasteiger charge is 2.27. The van der Waals surface area contributed by atoms with Gasteiger partial charge in [-0.25, -0.2) is 0 Å². The number of carbonyl (C=O) groups is 1. The van der Waals surface area contributed by atoms with Gasteiger partial charge in [0.05, 0.1) is 12.0 Å². The predicted octanol–water partition coefficient (Wildman–Crippen LogP) is 2.60. The molecule has 0 radical (unpaired) electrons. The number of hydrogen-bond acceptors (Lipinski definition) is 3. The molecule has 0 spiro atoms. The second-order valence-electron chi connectivity index (χ2n) is 7.86. The largest absolute Gasteiger partial charge is 0.359 e. The third-order valence-electron chi connectivity index (χ3n) is 4.91. The Hall–Kier alpha value is -1.35. The summed E-state index contributed by atoms with van der Waals surface area (Å²) in [6.07, 6.45) is 2.31. The lowest BCUT2D eigenvalue weighted by molar-refractivity contribution is -0.128. The van der Waals surface area contributed by atoms with E-state index in [1.807, 2.05) is 13.8 Å². The number of halogens is 1. The van der Waals surface area contributed by atoms with Crippen molar-refractivity contribution in [1.82, 2.24) is 20.9 Å². The number of likely N-dealkylation sites (tertiary alicyclic amines) is 1. The lowest BCUT2D eigenvalue weighted by Crippen LogP contribution is -2.51. The van der Waals surface area contributed by atoms with Crippen LogP contribution in [-0.4, -0.2) is 56.0 Å². The molecule has 1 atom stereocenters. The maximum Gasteiger partial charge on any atom is 0.227 e. The molecule has 1 saturated heterocycles. The number of rotatable bonds is 7. The monoisotopic (exact) mass is 501 g/mol. The van der Waals surface area contributed by atoms with Crippen molar-refractivity contribution in [2.24, 2.45) is 10.4 Å². The van der Waals surface area contributed by atoms with Gasteiger partial charge in [-0.1, -0.05) is 30.3 Å². The Balaban J connectivity index is 0.00000392. The minimum Gasteiger partial charge on any atom is -0.359 e. The first-order chi connectivity index (χ1) is 12.9. The van der Waals surface area contributed by atoms with Gasteiger partial charge in [0.1, 0.15) is 0 Å². The van der Waals surface area contributed by atoms with Gasteiger partial charge in [-0.15, -0.1) is 24.0 Å². The molecular weight excluding hydrogens is 465 g/mol. The Morgan fingerprint density at radius 1 is 1.29 bits per heavy atom. The molecule has 6 nitrogen and oxygen atoms in total. The maximum atomic E-state index is 12.0. The number of piperidine rings is 1. The molecule has 7 heteroatoms. The van der Waals surface area contributed by atoms with Crippen molar-refractivity contribution in [3.63, 3.8) is 0 Å². The van der Waals surface area contributed by atoms with Crippen LogP contribution in [0, 0.1) is 5.41 Å². The highest BCUT2D eigenvalue weighted by Crippen LogP contribution is 2.16. The Morgan fingerprint density at radius 3 is 2.64 bits per heavy atom. The van der Waals surface area contributed by atoms with E-state index in [1.54, 1.807) is 7.05 Å². The first kappa shape index (κ1) is 24.7. The van der Waals surface area contributed by atoms with Crippen LogP contribution in [0.1, 0.15) is 39.2 Å². The van der Waals surface area contributed by atoms with Gasteiger partial charge < -0.3 is 16.0 Å². The summed E-state index contributed by atoms with van der Waals surface area (Å²) in [6.45, 7) is 10.3. The van der Waals surface area contributed by atoms with Crippen LogP contribution >= 0.6 is 24.0 Å². The molecule has 1 unspecified atom stereocenters. The van der Waals surface area contributed by atoms with Crippen molar-refractivity contribution >= 4 is 35.8 Å². The Bertz CT molecular complexity index is 620. The van der Waals surface area contributed by atoms with Crippen LogP contribution in [-0.2, 0) is 11.3 Å². The fraction of sp³-hybridized carbons (Fsp3) is 0.619. The molecule has 0 saturated carbocycles. The van der Waals surface area contributed by atoms with E-state index in [9.17, 15) is 4.79 Å². The molecule has 28 heavy (non-hydrogen) atoms. The minimum atomic E-state index is -0.525. The molecule has 0 aliphatic carbocycles. The van der Waals surface area contributed by atoms with Gasteiger partial charge in [0.25, 0.3) is 0 Å². The molecule has 1 fully saturated rings. The number of nitrogens with one attached hydrogen (secondary N) is 3. The van der Waals surface area contributed by atoms with Gasteiger partial charge in [0.2, 0.25) is 5.91 Å². The van der Waals surface area contributed by atoms with Gasteiger partial charge in [-0.3, -0.25) is 14.7 Å². The van der Waals surface area contributed by atoms with E-state index in [0.717, 1.165) is 38.6 Å². The number of amides is 1. The quantitative estimate of drug-likeness (QED) is 0.305. The zero-order valence-electron chi connectivity index (χ0n) is 17.6. The third-order valence-corrected chi connectivity index (χ3v) is 4.91. The van der Waals surface area contributed by atoms with E-state index < -0.39 is 5.41 Å². The lowest BCUT2D eigenvalue weighted by Gasteiger charge is -2.34. The predicted molar refractivity (Wildman–Crippen MR) is 127 cm³/mol. The molecule has 3 N–H and O–H groups in total. The van der Waals surface area contributed by atoms with Crippen LogP contribution in [0.15, 0.2) is 35.3 Å². The fourth-order valence-corrected chi connectivity index (χ4v) is 3.36. The van der Waals surface area contributed by atoms with Crippen LogP contribution in [0.3, 0.4) is 0 Å². The molecule has 2 rings (SSSR count). The second-order valence-corrected chi connectivity index (χ2v) is 7.86. The van der Waals surface area contributed by atoms with Crippen molar-refractivity contribution in [2.45, 2.75) is 46.2 Å². The van der Waals surface area contributed by atoms with Gasteiger partial charge in [0, 0.05) is 32.7 Å². The Morgan fingerprint density at radius 2 is 2.00 bits per heavy atom. The summed E-state index contributed by atoms with van der Waals surface area (Å²) in [5, 5.41) is 9.60. The number of nitrogens with zero attached hydrogens (tertiary/aromatic N) is 2. The van der Waals surface area contributed by atoms with Gasteiger partial charge in [-0.05, 0) is 45.7 Å². The number of aliphatic imine (C=N–C) groups is 1. The fourth-order valence-electron chi connectivity index (χ4n) is 3.36. The van der Waals surface area contributed by atoms with Crippen molar-refractivity contribution < 1.29 is 4.79 Å². The number of guanidine groups is 1. The van der Waals surface area contributed by atoms with Gasteiger partial charge in [0.15, 0.2) is 5.96 Å². The standard InChI is InChI=1S/C21H35N5O.HI/c1-5-23-20(24-16-21(2,3)19(27)22-4)25-18-12-9-13-26(15-18)14-17-10-7-6-8-11-17;/h6-8,10-11,18H,5,9,12-16H2,1-4H3,(H,22,27)(H2,23,24,25);1H. The molecule has 1 heterocycles. The molecule has 0 aromatic heterocycles. The zero-order valence-corrected chi connectivity index (χ0v) is 20.0. The molecular formula is C21H36IN5O. The summed E-state index contributed by atoms with van der Waals surface area (Å²) < 4.78 is 0. The molecule has 1 aliphatic heterocycles. The van der Waals surface area contributed by atoms with Gasteiger partial charge >= 0.3 is 0 Å². The Labute approximate surface area is 187 Å². The number of benzene rings is 1. The molecule has 1 aromatic carbocycles. The first-order valence-electron chi connectivity index (χ1n) is 9.98. The number of hydrogen-bond donors (Lipinski definition) is 3. The average molecular weight is 501 g/mol. The third kappa shape index (κ3) is 7.95. The molecule has 1 aliphatic rings. The summed E-state index contributed by atoms with van der Waals surface area (Å²) in [5.41, 5.74) is 0.828.